The van der Waals surface area contributed by atoms with Crippen LogP contribution in [-0.2, 0) is 0 Å². The summed E-state index contributed by atoms with van der Waals surface area (Å²) in [5.41, 5.74) is 5.00. The highest BCUT2D eigenvalue weighted by Crippen LogP contribution is 2.29. The molecule has 0 unspecified atom stereocenters. The molecule has 0 saturated carbocycles. The van der Waals surface area contributed by atoms with Gasteiger partial charge in [-0.15, -0.1) is 11.3 Å². The number of anilines is 1. The third-order valence-electron chi connectivity index (χ3n) is 4.84. The number of aromatic nitrogens is 3. The van der Waals surface area contributed by atoms with E-state index in [1.54, 1.807) is 17.5 Å². The van der Waals surface area contributed by atoms with Crippen LogP contribution < -0.4 is 5.32 Å². The fourth-order valence-corrected chi connectivity index (χ4v) is 4.07. The summed E-state index contributed by atoms with van der Waals surface area (Å²) in [5, 5.41) is 5.85. The molecule has 0 radical (unpaired) electrons. The van der Waals surface area contributed by atoms with Gasteiger partial charge in [0.25, 0.3) is 5.91 Å². The summed E-state index contributed by atoms with van der Waals surface area (Å²) >= 11 is 1.55. The van der Waals surface area contributed by atoms with Gasteiger partial charge >= 0.3 is 0 Å². The average Bonchev–Trinajstić information content (AvgIpc) is 3.53. The molecule has 5 aromatic rings. The molecule has 6 heteroatoms. The fourth-order valence-electron chi connectivity index (χ4n) is 3.26. The Labute approximate surface area is 183 Å². The van der Waals surface area contributed by atoms with Crippen LogP contribution in [0.1, 0.15) is 10.4 Å². The molecular weight excluding hydrogens is 404 g/mol. The van der Waals surface area contributed by atoms with E-state index in [-0.39, 0.29) is 5.91 Å². The second-order valence-electron chi connectivity index (χ2n) is 6.92. The van der Waals surface area contributed by atoms with Crippen LogP contribution in [0.4, 0.5) is 5.69 Å². The van der Waals surface area contributed by atoms with Gasteiger partial charge in [0, 0.05) is 46.5 Å². The first kappa shape index (κ1) is 19.0. The van der Waals surface area contributed by atoms with Crippen LogP contribution in [-0.4, -0.2) is 20.4 Å². The van der Waals surface area contributed by atoms with Crippen molar-refractivity contribution >= 4 is 22.9 Å². The number of pyridine rings is 1. The molecule has 0 aliphatic carbocycles. The van der Waals surface area contributed by atoms with E-state index in [1.165, 1.54) is 0 Å². The van der Waals surface area contributed by atoms with Gasteiger partial charge in [0.15, 0.2) is 0 Å². The first-order chi connectivity index (χ1) is 15.3. The van der Waals surface area contributed by atoms with Crippen molar-refractivity contribution in [2.45, 2.75) is 0 Å². The Bertz CT molecular complexity index is 1310. The van der Waals surface area contributed by atoms with E-state index >= 15 is 0 Å². The maximum absolute atomic E-state index is 12.7. The van der Waals surface area contributed by atoms with Gasteiger partial charge in [-0.3, -0.25) is 9.78 Å². The molecule has 0 atom stereocenters. The van der Waals surface area contributed by atoms with Gasteiger partial charge in [-0.2, -0.15) is 0 Å². The molecule has 0 spiro atoms. The van der Waals surface area contributed by atoms with Crippen molar-refractivity contribution in [2.24, 2.45) is 0 Å². The van der Waals surface area contributed by atoms with Crippen LogP contribution in [0.5, 0.6) is 0 Å². The van der Waals surface area contributed by atoms with Gasteiger partial charge in [0.1, 0.15) is 5.01 Å². The standard InChI is InChI=1S/C25H18N4OS/c30-24(18-9-11-21(12-10-18)29-14-3-4-15-29)27-20-7-5-6-19(16-20)23-17-31-25(28-23)22-8-1-2-13-26-22/h1-17H,(H,27,30). The molecule has 150 valence electrons. The lowest BCUT2D eigenvalue weighted by Gasteiger charge is -2.08. The molecule has 0 bridgehead atoms. The van der Waals surface area contributed by atoms with Crippen molar-refractivity contribution in [3.8, 4) is 27.6 Å². The highest BCUT2D eigenvalue weighted by atomic mass is 32.1. The minimum Gasteiger partial charge on any atom is -0.324 e. The highest BCUT2D eigenvalue weighted by Gasteiger charge is 2.10. The second-order valence-corrected chi connectivity index (χ2v) is 7.78. The second kappa shape index (κ2) is 8.38. The molecule has 0 aliphatic rings. The van der Waals surface area contributed by atoms with Gasteiger partial charge < -0.3 is 9.88 Å². The summed E-state index contributed by atoms with van der Waals surface area (Å²) < 4.78 is 2.00. The summed E-state index contributed by atoms with van der Waals surface area (Å²) in [6.07, 6.45) is 5.70. The number of nitrogens with one attached hydrogen (secondary N) is 1. The Balaban J connectivity index is 1.32. The topological polar surface area (TPSA) is 59.8 Å². The summed E-state index contributed by atoms with van der Waals surface area (Å²) in [7, 11) is 0. The number of carbonyl (C=O) groups is 1. The van der Waals surface area contributed by atoms with Crippen molar-refractivity contribution in [2.75, 3.05) is 5.32 Å². The van der Waals surface area contributed by atoms with E-state index in [9.17, 15) is 4.79 Å². The lowest BCUT2D eigenvalue weighted by atomic mass is 10.1. The predicted molar refractivity (Wildman–Crippen MR) is 125 cm³/mol. The Hall–Kier alpha value is -4.03. The number of nitrogens with zero attached hydrogens (tertiary/aromatic N) is 3. The predicted octanol–water partition coefficient (Wildman–Crippen LogP) is 5.92. The van der Waals surface area contributed by atoms with Crippen LogP contribution in [0, 0.1) is 0 Å². The van der Waals surface area contributed by atoms with Crippen molar-refractivity contribution < 1.29 is 4.79 Å². The summed E-state index contributed by atoms with van der Waals surface area (Å²) in [6.45, 7) is 0. The first-order valence-electron chi connectivity index (χ1n) is 9.78. The zero-order valence-corrected chi connectivity index (χ0v) is 17.3. The van der Waals surface area contributed by atoms with E-state index < -0.39 is 0 Å². The fraction of sp³-hybridized carbons (Fsp3) is 0. The molecule has 2 aromatic carbocycles. The molecular formula is C25H18N4OS. The number of hydrogen-bond donors (Lipinski definition) is 1. The summed E-state index contributed by atoms with van der Waals surface area (Å²) in [5.74, 6) is -0.149. The average molecular weight is 423 g/mol. The summed E-state index contributed by atoms with van der Waals surface area (Å²) in [4.78, 5) is 21.8. The van der Waals surface area contributed by atoms with E-state index in [0.717, 1.165) is 33.3 Å². The third kappa shape index (κ3) is 4.15. The van der Waals surface area contributed by atoms with Gasteiger partial charge in [-0.25, -0.2) is 4.98 Å². The van der Waals surface area contributed by atoms with E-state index in [0.29, 0.717) is 5.56 Å². The van der Waals surface area contributed by atoms with Crippen molar-refractivity contribution in [1.82, 2.24) is 14.5 Å². The van der Waals surface area contributed by atoms with E-state index in [4.69, 9.17) is 4.98 Å². The molecule has 5 rings (SSSR count). The van der Waals surface area contributed by atoms with Crippen LogP contribution in [0.25, 0.3) is 27.6 Å². The molecule has 3 heterocycles. The number of hydrogen-bond acceptors (Lipinski definition) is 4. The quantitative estimate of drug-likeness (QED) is 0.383. The minimum absolute atomic E-state index is 0.149. The molecule has 5 nitrogen and oxygen atoms in total. The number of thiazole rings is 1. The number of benzene rings is 2. The molecule has 0 saturated heterocycles. The number of carbonyl (C=O) groups excluding carboxylic acids is 1. The van der Waals surface area contributed by atoms with Crippen molar-refractivity contribution in [3.05, 3.63) is 108 Å². The smallest absolute Gasteiger partial charge is 0.255 e. The molecule has 1 N–H and O–H groups in total. The maximum atomic E-state index is 12.7. The molecule has 1 amide bonds. The monoisotopic (exact) mass is 422 g/mol. The van der Waals surface area contributed by atoms with Crippen LogP contribution in [0.15, 0.2) is 103 Å². The van der Waals surface area contributed by atoms with Gasteiger partial charge in [0.2, 0.25) is 0 Å². The van der Waals surface area contributed by atoms with Crippen LogP contribution >= 0.6 is 11.3 Å². The number of rotatable bonds is 5. The lowest BCUT2D eigenvalue weighted by Crippen LogP contribution is -2.11. The van der Waals surface area contributed by atoms with E-state index in [2.05, 4.69) is 10.3 Å². The number of amides is 1. The minimum atomic E-state index is -0.149. The zero-order valence-electron chi connectivity index (χ0n) is 16.5. The van der Waals surface area contributed by atoms with Gasteiger partial charge in [0.05, 0.1) is 11.4 Å². The van der Waals surface area contributed by atoms with E-state index in [1.807, 2.05) is 101 Å². The summed E-state index contributed by atoms with van der Waals surface area (Å²) in [6, 6.07) is 24.9. The van der Waals surface area contributed by atoms with Crippen LogP contribution in [0.3, 0.4) is 0 Å². The molecule has 3 aromatic heterocycles. The molecule has 0 aliphatic heterocycles. The maximum Gasteiger partial charge on any atom is 0.255 e. The van der Waals surface area contributed by atoms with Crippen molar-refractivity contribution in [1.29, 1.82) is 0 Å². The lowest BCUT2D eigenvalue weighted by molar-refractivity contribution is 0.102. The Morgan fingerprint density at radius 2 is 1.71 bits per heavy atom. The molecule has 31 heavy (non-hydrogen) atoms. The third-order valence-corrected chi connectivity index (χ3v) is 5.70. The molecule has 0 fully saturated rings. The Kier molecular flexibility index (Phi) is 5.12. The zero-order chi connectivity index (χ0) is 21.0. The van der Waals surface area contributed by atoms with Crippen molar-refractivity contribution in [3.63, 3.8) is 0 Å². The first-order valence-corrected chi connectivity index (χ1v) is 10.7. The van der Waals surface area contributed by atoms with Crippen LogP contribution in [0.2, 0.25) is 0 Å². The Morgan fingerprint density at radius 3 is 2.48 bits per heavy atom. The van der Waals surface area contributed by atoms with Gasteiger partial charge in [-0.1, -0.05) is 18.2 Å². The Morgan fingerprint density at radius 1 is 0.871 bits per heavy atom. The largest absolute Gasteiger partial charge is 0.324 e. The normalized spacial score (nSPS) is 10.7. The SMILES string of the molecule is O=C(Nc1cccc(-c2csc(-c3ccccn3)n2)c1)c1ccc(-n2cccc2)cc1. The van der Waals surface area contributed by atoms with Gasteiger partial charge in [-0.05, 0) is 60.7 Å². The highest BCUT2D eigenvalue weighted by molar-refractivity contribution is 7.13.